The van der Waals surface area contributed by atoms with E-state index in [0.717, 1.165) is 48.7 Å². The molecule has 5 rings (SSSR count). The van der Waals surface area contributed by atoms with Crippen molar-refractivity contribution in [3.63, 3.8) is 0 Å². The second-order valence-corrected chi connectivity index (χ2v) is 12.4. The molecule has 2 aliphatic carbocycles. The van der Waals surface area contributed by atoms with Crippen LogP contribution >= 0.6 is 0 Å². The lowest BCUT2D eigenvalue weighted by Gasteiger charge is -2.50. The molecule has 7 atom stereocenters. The number of nitrogens with zero attached hydrogens (tertiary/aromatic N) is 2. The van der Waals surface area contributed by atoms with Crippen LogP contribution in [0.2, 0.25) is 0 Å². The SMILES string of the molecule is CCN1NC2CNC3CCC(C4CCCNC4)CC3C2C1C1CCC(C(C)(C)C#N)CC1. The summed E-state index contributed by atoms with van der Waals surface area (Å²) in [5, 5.41) is 20.0. The molecule has 0 aromatic heterocycles. The maximum Gasteiger partial charge on any atom is 0.0686 e. The third kappa shape index (κ3) is 4.26. The van der Waals surface area contributed by atoms with Crippen molar-refractivity contribution in [3.8, 4) is 6.07 Å². The van der Waals surface area contributed by atoms with E-state index < -0.39 is 0 Å². The molecule has 3 saturated heterocycles. The quantitative estimate of drug-likeness (QED) is 0.617. The van der Waals surface area contributed by atoms with Crippen LogP contribution in [0.5, 0.6) is 0 Å². The van der Waals surface area contributed by atoms with Gasteiger partial charge in [0.05, 0.1) is 11.5 Å². The predicted molar refractivity (Wildman–Crippen MR) is 130 cm³/mol. The molecule has 5 aliphatic rings. The monoisotopic (exact) mass is 441 g/mol. The summed E-state index contributed by atoms with van der Waals surface area (Å²) in [4.78, 5) is 0. The summed E-state index contributed by atoms with van der Waals surface area (Å²) >= 11 is 0. The second-order valence-electron chi connectivity index (χ2n) is 12.4. The van der Waals surface area contributed by atoms with Crippen molar-refractivity contribution in [3.05, 3.63) is 0 Å². The van der Waals surface area contributed by atoms with Crippen LogP contribution < -0.4 is 16.1 Å². The molecule has 7 unspecified atom stereocenters. The van der Waals surface area contributed by atoms with Crippen molar-refractivity contribution in [2.75, 3.05) is 26.2 Å². The predicted octanol–water partition coefficient (Wildman–Crippen LogP) is 3.92. The van der Waals surface area contributed by atoms with Gasteiger partial charge in [0.25, 0.3) is 0 Å². The van der Waals surface area contributed by atoms with Gasteiger partial charge in [-0.3, -0.25) is 5.43 Å². The molecule has 32 heavy (non-hydrogen) atoms. The lowest BCUT2D eigenvalue weighted by Crippen LogP contribution is -2.59. The standard InChI is InChI=1S/C27H47N5/c1-4-32-26(18-7-10-21(11-8-18)27(2,3)17-28)25-22-14-19(20-6-5-13-29-15-20)9-12-23(22)30-16-24(25)31-32/h18-26,29-31H,4-16H2,1-3H3. The van der Waals surface area contributed by atoms with Crippen LogP contribution in [0.15, 0.2) is 0 Å². The molecule has 0 aromatic carbocycles. The maximum absolute atomic E-state index is 9.64. The molecule has 3 aliphatic heterocycles. The Kier molecular flexibility index (Phi) is 6.87. The summed E-state index contributed by atoms with van der Waals surface area (Å²) in [6.07, 6.45) is 12.2. The van der Waals surface area contributed by atoms with Gasteiger partial charge >= 0.3 is 0 Å². The molecule has 0 spiro atoms. The highest BCUT2D eigenvalue weighted by Crippen LogP contribution is 2.50. The lowest BCUT2D eigenvalue weighted by atomic mass is 9.60. The second kappa shape index (κ2) is 9.53. The first kappa shape index (κ1) is 23.1. The first-order valence-electron chi connectivity index (χ1n) is 13.9. The number of nitriles is 1. The van der Waals surface area contributed by atoms with E-state index in [4.69, 9.17) is 0 Å². The number of hydrogen-bond acceptors (Lipinski definition) is 5. The fourth-order valence-corrected chi connectivity index (χ4v) is 8.61. The molecule has 0 amide bonds. The summed E-state index contributed by atoms with van der Waals surface area (Å²) in [7, 11) is 0. The summed E-state index contributed by atoms with van der Waals surface area (Å²) in [5.41, 5.74) is 3.81. The van der Waals surface area contributed by atoms with Crippen molar-refractivity contribution >= 4 is 0 Å². The minimum absolute atomic E-state index is 0.170. The molecule has 180 valence electrons. The molecule has 2 saturated carbocycles. The molecule has 5 heteroatoms. The Hall–Kier alpha value is -0.670. The van der Waals surface area contributed by atoms with Crippen LogP contribution in [0.25, 0.3) is 0 Å². The van der Waals surface area contributed by atoms with Crippen molar-refractivity contribution in [2.45, 2.75) is 96.7 Å². The molecule has 0 radical (unpaired) electrons. The van der Waals surface area contributed by atoms with Gasteiger partial charge in [-0.05, 0) is 120 Å². The van der Waals surface area contributed by atoms with Crippen molar-refractivity contribution in [2.24, 2.45) is 40.9 Å². The normalized spacial score (nSPS) is 45.6. The molecule has 3 N–H and O–H groups in total. The van der Waals surface area contributed by atoms with Gasteiger partial charge in [0.1, 0.15) is 0 Å². The van der Waals surface area contributed by atoms with Crippen LogP contribution in [0, 0.1) is 52.3 Å². The number of piperidine rings is 2. The average Bonchev–Trinajstić information content (AvgIpc) is 3.23. The number of rotatable bonds is 4. The third-order valence-corrected chi connectivity index (χ3v) is 10.5. The summed E-state index contributed by atoms with van der Waals surface area (Å²) < 4.78 is 0. The van der Waals surface area contributed by atoms with E-state index in [9.17, 15) is 5.26 Å². The molecule has 5 fully saturated rings. The van der Waals surface area contributed by atoms with Gasteiger partial charge in [0.2, 0.25) is 0 Å². The van der Waals surface area contributed by atoms with Crippen LogP contribution in [0.1, 0.15) is 78.6 Å². The first-order chi connectivity index (χ1) is 15.5. The maximum atomic E-state index is 9.64. The number of hydrogen-bond donors (Lipinski definition) is 3. The van der Waals surface area contributed by atoms with Crippen molar-refractivity contribution in [1.29, 1.82) is 5.26 Å². The van der Waals surface area contributed by atoms with Crippen LogP contribution in [-0.4, -0.2) is 49.3 Å². The summed E-state index contributed by atoms with van der Waals surface area (Å²) in [5.74, 6) is 4.82. The zero-order chi connectivity index (χ0) is 22.3. The van der Waals surface area contributed by atoms with Gasteiger partial charge in [-0.2, -0.15) is 5.26 Å². The van der Waals surface area contributed by atoms with Crippen LogP contribution in [0.3, 0.4) is 0 Å². The van der Waals surface area contributed by atoms with Gasteiger partial charge in [-0.1, -0.05) is 6.92 Å². The topological polar surface area (TPSA) is 63.1 Å². The first-order valence-corrected chi connectivity index (χ1v) is 13.9. The number of hydrazine groups is 1. The van der Waals surface area contributed by atoms with E-state index in [1.165, 1.54) is 70.9 Å². The summed E-state index contributed by atoms with van der Waals surface area (Å²) in [6, 6.07) is 4.63. The van der Waals surface area contributed by atoms with Crippen LogP contribution in [-0.2, 0) is 0 Å². The molecular formula is C27H47N5. The Labute approximate surface area is 196 Å². The number of fused-ring (bicyclic) bond motifs is 3. The highest BCUT2D eigenvalue weighted by atomic mass is 15.6. The number of nitrogens with one attached hydrogen (secondary N) is 3. The highest BCUT2D eigenvalue weighted by molar-refractivity contribution is 5.08. The average molecular weight is 442 g/mol. The fraction of sp³-hybridized carbons (Fsp3) is 0.963. The fourth-order valence-electron chi connectivity index (χ4n) is 8.61. The van der Waals surface area contributed by atoms with Gasteiger partial charge in [0.15, 0.2) is 0 Å². The molecule has 3 heterocycles. The Morgan fingerprint density at radius 1 is 0.938 bits per heavy atom. The molecule has 0 bridgehead atoms. The van der Waals surface area contributed by atoms with Crippen LogP contribution in [0.4, 0.5) is 0 Å². The van der Waals surface area contributed by atoms with Gasteiger partial charge in [-0.25, -0.2) is 5.01 Å². The van der Waals surface area contributed by atoms with Crippen molar-refractivity contribution in [1.82, 2.24) is 21.1 Å². The van der Waals surface area contributed by atoms with E-state index in [-0.39, 0.29) is 5.41 Å². The minimum Gasteiger partial charge on any atom is -0.316 e. The Bertz CT molecular complexity index is 672. The zero-order valence-electron chi connectivity index (χ0n) is 20.8. The van der Waals surface area contributed by atoms with E-state index in [1.54, 1.807) is 0 Å². The molecular weight excluding hydrogens is 394 g/mol. The molecule has 0 aromatic rings. The van der Waals surface area contributed by atoms with E-state index in [0.29, 0.717) is 18.0 Å². The highest BCUT2D eigenvalue weighted by Gasteiger charge is 2.54. The largest absolute Gasteiger partial charge is 0.316 e. The smallest absolute Gasteiger partial charge is 0.0686 e. The Morgan fingerprint density at radius 3 is 2.41 bits per heavy atom. The Balaban J connectivity index is 1.32. The van der Waals surface area contributed by atoms with Crippen molar-refractivity contribution < 1.29 is 0 Å². The summed E-state index contributed by atoms with van der Waals surface area (Å²) in [6.45, 7) is 11.4. The van der Waals surface area contributed by atoms with Gasteiger partial charge in [0, 0.05) is 31.2 Å². The molecule has 5 nitrogen and oxygen atoms in total. The zero-order valence-corrected chi connectivity index (χ0v) is 20.8. The van der Waals surface area contributed by atoms with E-state index in [2.05, 4.69) is 47.9 Å². The Morgan fingerprint density at radius 2 is 1.72 bits per heavy atom. The third-order valence-electron chi connectivity index (χ3n) is 10.5. The minimum atomic E-state index is -0.170. The van der Waals surface area contributed by atoms with Gasteiger partial charge in [-0.15, -0.1) is 0 Å². The van der Waals surface area contributed by atoms with E-state index >= 15 is 0 Å². The lowest BCUT2D eigenvalue weighted by molar-refractivity contribution is 0.0268. The van der Waals surface area contributed by atoms with Gasteiger partial charge < -0.3 is 10.6 Å². The van der Waals surface area contributed by atoms with E-state index in [1.807, 2.05) is 0 Å².